The van der Waals surface area contributed by atoms with Gasteiger partial charge in [0.25, 0.3) is 0 Å². The molecule has 9 aromatic rings. The second kappa shape index (κ2) is 9.71. The van der Waals surface area contributed by atoms with Gasteiger partial charge in [0.15, 0.2) is 5.82 Å². The minimum atomic E-state index is -0.243. The van der Waals surface area contributed by atoms with E-state index in [-0.39, 0.29) is 5.41 Å². The Bertz CT molecular complexity index is 2710. The van der Waals surface area contributed by atoms with Crippen molar-refractivity contribution in [1.82, 2.24) is 14.5 Å². The van der Waals surface area contributed by atoms with Gasteiger partial charge < -0.3 is 4.57 Å². The van der Waals surface area contributed by atoms with Crippen LogP contribution in [0, 0.1) is 0 Å². The van der Waals surface area contributed by atoms with Crippen LogP contribution in [0.25, 0.3) is 81.4 Å². The lowest BCUT2D eigenvalue weighted by molar-refractivity contribution is 0.636. The molecule has 0 unspecified atom stereocenters. The van der Waals surface area contributed by atoms with Gasteiger partial charge in [-0.2, -0.15) is 0 Å². The molecule has 10 rings (SSSR count). The van der Waals surface area contributed by atoms with Crippen LogP contribution in [0.3, 0.4) is 0 Å². The molecule has 0 atom stereocenters. The van der Waals surface area contributed by atoms with E-state index in [0.717, 1.165) is 39.6 Å². The molecule has 6 aromatic carbocycles. The molecule has 4 heteroatoms. The van der Waals surface area contributed by atoms with Gasteiger partial charge in [-0.3, -0.25) is 0 Å². The zero-order chi connectivity index (χ0) is 31.3. The zero-order valence-corrected chi connectivity index (χ0v) is 26.8. The highest BCUT2D eigenvalue weighted by atomic mass is 32.1. The molecule has 1 aliphatic rings. The first kappa shape index (κ1) is 26.6. The van der Waals surface area contributed by atoms with Gasteiger partial charge in [-0.15, -0.1) is 11.3 Å². The highest BCUT2D eigenvalue weighted by molar-refractivity contribution is 7.26. The third-order valence-electron chi connectivity index (χ3n) is 9.96. The van der Waals surface area contributed by atoms with Gasteiger partial charge in [0, 0.05) is 58.7 Å². The fourth-order valence-electron chi connectivity index (χ4n) is 7.77. The first-order chi connectivity index (χ1) is 23.1. The summed E-state index contributed by atoms with van der Waals surface area (Å²) in [4.78, 5) is 10.7. The highest BCUT2D eigenvalue weighted by Gasteiger charge is 2.39. The van der Waals surface area contributed by atoms with Crippen molar-refractivity contribution in [2.75, 3.05) is 0 Å². The van der Waals surface area contributed by atoms with E-state index in [1.165, 1.54) is 53.1 Å². The second-order valence-corrected chi connectivity index (χ2v) is 14.0. The van der Waals surface area contributed by atoms with Crippen LogP contribution in [-0.2, 0) is 5.41 Å². The molecule has 0 saturated carbocycles. The number of aromatic nitrogens is 3. The number of benzene rings is 6. The molecule has 3 heterocycles. The molecule has 0 saturated heterocycles. The molecular formula is C43H29N3S. The lowest BCUT2D eigenvalue weighted by Gasteiger charge is -2.21. The Morgan fingerprint density at radius 1 is 0.596 bits per heavy atom. The van der Waals surface area contributed by atoms with Crippen LogP contribution in [0.2, 0.25) is 0 Å². The van der Waals surface area contributed by atoms with Gasteiger partial charge in [-0.1, -0.05) is 123 Å². The van der Waals surface area contributed by atoms with Crippen LogP contribution < -0.4 is 0 Å². The summed E-state index contributed by atoms with van der Waals surface area (Å²) in [6.45, 7) is 4.57. The lowest BCUT2D eigenvalue weighted by Crippen LogP contribution is -2.17. The average Bonchev–Trinajstić information content (AvgIpc) is 3.74. The molecule has 3 nitrogen and oxygen atoms in total. The summed E-state index contributed by atoms with van der Waals surface area (Å²) >= 11 is 1.89. The molecule has 0 bridgehead atoms. The van der Waals surface area contributed by atoms with Crippen molar-refractivity contribution in [3.63, 3.8) is 0 Å². The van der Waals surface area contributed by atoms with E-state index in [2.05, 4.69) is 158 Å². The number of rotatable bonds is 3. The van der Waals surface area contributed by atoms with E-state index in [9.17, 15) is 0 Å². The zero-order valence-electron chi connectivity index (χ0n) is 26.0. The Balaban J connectivity index is 1.22. The molecule has 0 N–H and O–H groups in total. The summed E-state index contributed by atoms with van der Waals surface area (Å²) in [6, 6.07) is 50.1. The van der Waals surface area contributed by atoms with Crippen molar-refractivity contribution < 1.29 is 0 Å². The van der Waals surface area contributed by atoms with Gasteiger partial charge in [0.1, 0.15) is 0 Å². The minimum absolute atomic E-state index is 0.243. The maximum Gasteiger partial charge on any atom is 0.160 e. The summed E-state index contributed by atoms with van der Waals surface area (Å²) in [7, 11) is 0. The van der Waals surface area contributed by atoms with Crippen LogP contribution in [0.4, 0.5) is 0 Å². The largest absolute Gasteiger partial charge is 0.309 e. The van der Waals surface area contributed by atoms with E-state index in [1.807, 2.05) is 11.3 Å². The summed E-state index contributed by atoms with van der Waals surface area (Å²) in [6.07, 6.45) is 0. The van der Waals surface area contributed by atoms with Gasteiger partial charge in [-0.25, -0.2) is 9.97 Å². The molecule has 1 aliphatic carbocycles. The molecule has 3 aromatic heterocycles. The quantitative estimate of drug-likeness (QED) is 0.197. The second-order valence-electron chi connectivity index (χ2n) is 13.0. The average molecular weight is 620 g/mol. The topological polar surface area (TPSA) is 30.7 Å². The number of hydrogen-bond donors (Lipinski definition) is 0. The van der Waals surface area contributed by atoms with E-state index in [1.54, 1.807) is 0 Å². The first-order valence-electron chi connectivity index (χ1n) is 16.1. The number of nitrogens with zero attached hydrogens (tertiary/aromatic N) is 3. The summed E-state index contributed by atoms with van der Waals surface area (Å²) < 4.78 is 5.07. The van der Waals surface area contributed by atoms with Crippen molar-refractivity contribution in [2.45, 2.75) is 19.3 Å². The fourth-order valence-corrected chi connectivity index (χ4v) is 9.03. The molecule has 222 valence electrons. The smallest absolute Gasteiger partial charge is 0.160 e. The SMILES string of the molecule is CC1(C)c2ccccc2-c2c(-c3ccccc3)nc(-c3cccc(-n4c5ccccc5c5c6sc7ccccc7c6ccc54)c3)nc21. The van der Waals surface area contributed by atoms with E-state index < -0.39 is 0 Å². The standard InChI is InChI=1S/C43H29N3S/c1-43(2)33-20-9-6-18-31(33)38-39(26-13-4-3-5-14-26)44-42(45-41(38)43)27-15-12-16-28(25-27)46-34-21-10-7-19-32(34)37-35(46)24-23-30-29-17-8-11-22-36(29)47-40(30)37/h3-25H,1-2H3. The van der Waals surface area contributed by atoms with Gasteiger partial charge >= 0.3 is 0 Å². The van der Waals surface area contributed by atoms with Gasteiger partial charge in [0.05, 0.1) is 22.4 Å². The maximum absolute atomic E-state index is 5.37. The normalized spacial score (nSPS) is 13.5. The summed E-state index contributed by atoms with van der Waals surface area (Å²) in [5.74, 6) is 0.748. The van der Waals surface area contributed by atoms with Crippen LogP contribution in [0.15, 0.2) is 140 Å². The summed E-state index contributed by atoms with van der Waals surface area (Å²) in [5.41, 5.74) is 11.1. The van der Waals surface area contributed by atoms with Crippen molar-refractivity contribution in [2.24, 2.45) is 0 Å². The van der Waals surface area contributed by atoms with Crippen LogP contribution in [0.5, 0.6) is 0 Å². The predicted octanol–water partition coefficient (Wildman–Crippen LogP) is 11.6. The van der Waals surface area contributed by atoms with Crippen LogP contribution >= 0.6 is 11.3 Å². The maximum atomic E-state index is 5.37. The minimum Gasteiger partial charge on any atom is -0.309 e. The highest BCUT2D eigenvalue weighted by Crippen LogP contribution is 2.51. The summed E-state index contributed by atoms with van der Waals surface area (Å²) in [5, 5.41) is 5.22. The molecule has 0 fully saturated rings. The van der Waals surface area contributed by atoms with Crippen LogP contribution in [-0.4, -0.2) is 14.5 Å². The molecule has 47 heavy (non-hydrogen) atoms. The third kappa shape index (κ3) is 3.73. The third-order valence-corrected chi connectivity index (χ3v) is 11.2. The van der Waals surface area contributed by atoms with Crippen LogP contribution in [0.1, 0.15) is 25.1 Å². The number of hydrogen-bond acceptors (Lipinski definition) is 3. The monoisotopic (exact) mass is 619 g/mol. The fraction of sp³-hybridized carbons (Fsp3) is 0.0698. The van der Waals surface area contributed by atoms with Gasteiger partial charge in [0.2, 0.25) is 0 Å². The van der Waals surface area contributed by atoms with E-state index in [4.69, 9.17) is 9.97 Å². The Morgan fingerprint density at radius 3 is 2.23 bits per heavy atom. The molecule has 0 aliphatic heterocycles. The van der Waals surface area contributed by atoms with Gasteiger partial charge in [-0.05, 0) is 41.5 Å². The molecule has 0 spiro atoms. The number of thiophene rings is 1. The Hall–Kier alpha value is -5.58. The number of para-hydroxylation sites is 1. The predicted molar refractivity (Wildman–Crippen MR) is 198 cm³/mol. The molecule has 0 amide bonds. The first-order valence-corrected chi connectivity index (χ1v) is 16.9. The van der Waals surface area contributed by atoms with Crippen molar-refractivity contribution in [3.8, 4) is 39.5 Å². The number of fused-ring (bicyclic) bond motifs is 10. The molecule has 0 radical (unpaired) electrons. The Morgan fingerprint density at radius 2 is 1.34 bits per heavy atom. The molecular weight excluding hydrogens is 591 g/mol. The van der Waals surface area contributed by atoms with Crippen molar-refractivity contribution >= 4 is 53.3 Å². The van der Waals surface area contributed by atoms with Crippen molar-refractivity contribution in [3.05, 3.63) is 151 Å². The van der Waals surface area contributed by atoms with Crippen molar-refractivity contribution in [1.29, 1.82) is 0 Å². The van der Waals surface area contributed by atoms with E-state index in [0.29, 0.717) is 0 Å². The lowest BCUT2D eigenvalue weighted by atomic mass is 9.85. The van der Waals surface area contributed by atoms with E-state index >= 15 is 0 Å². The Kier molecular flexibility index (Phi) is 5.50. The Labute approximate surface area is 276 Å².